The molecule has 78 valence electrons. The van der Waals surface area contributed by atoms with E-state index in [4.69, 9.17) is 0 Å². The van der Waals surface area contributed by atoms with Gasteiger partial charge in [0.2, 0.25) is 11.7 Å². The molecule has 0 N–H and O–H groups in total. The Morgan fingerprint density at radius 1 is 1.07 bits per heavy atom. The molecule has 0 heterocycles. The summed E-state index contributed by atoms with van der Waals surface area (Å²) in [6, 6.07) is 0. The first-order chi connectivity index (χ1) is 6.50. The number of hydrogen-bond donors (Lipinski definition) is 0. The summed E-state index contributed by atoms with van der Waals surface area (Å²) in [5, 5.41) is 0. The molecule has 0 aromatic heterocycles. The van der Waals surface area contributed by atoms with Crippen molar-refractivity contribution in [1.29, 1.82) is 0 Å². The van der Waals surface area contributed by atoms with Gasteiger partial charge < -0.3 is 0 Å². The Bertz CT molecular complexity index is 302. The maximum Gasteiger partial charge on any atom is 0.255 e. The maximum atomic E-state index is 12.9. The summed E-state index contributed by atoms with van der Waals surface area (Å²) in [6.07, 6.45) is 0.298. The minimum atomic E-state index is -1.84. The van der Waals surface area contributed by atoms with E-state index in [0.717, 1.165) is 0 Å². The van der Waals surface area contributed by atoms with E-state index < -0.39 is 35.0 Å². The van der Waals surface area contributed by atoms with Crippen LogP contribution in [0.3, 0.4) is 0 Å². The van der Waals surface area contributed by atoms with Gasteiger partial charge in [-0.1, -0.05) is 13.3 Å². The lowest BCUT2D eigenvalue weighted by Gasteiger charge is -2.16. The van der Waals surface area contributed by atoms with Gasteiger partial charge in [-0.3, -0.25) is 4.79 Å². The Kier molecular flexibility index (Phi) is 3.08. The summed E-state index contributed by atoms with van der Waals surface area (Å²) in [6.45, 7) is 1.62. The normalized spacial score (nSPS) is 19.6. The van der Waals surface area contributed by atoms with Crippen molar-refractivity contribution >= 4 is 5.78 Å². The molecule has 1 rings (SSSR count). The van der Waals surface area contributed by atoms with Crippen molar-refractivity contribution in [3.8, 4) is 0 Å². The molecule has 0 aromatic carbocycles. The summed E-state index contributed by atoms with van der Waals surface area (Å²) in [5.41, 5.74) is 0. The Morgan fingerprint density at radius 2 is 1.50 bits per heavy atom. The van der Waals surface area contributed by atoms with Crippen LogP contribution in [0.5, 0.6) is 0 Å². The number of carbonyl (C=O) groups is 1. The van der Waals surface area contributed by atoms with Crippen LogP contribution in [0.1, 0.15) is 19.8 Å². The van der Waals surface area contributed by atoms with Gasteiger partial charge >= 0.3 is 0 Å². The van der Waals surface area contributed by atoms with E-state index in [0.29, 0.717) is 6.42 Å². The van der Waals surface area contributed by atoms with E-state index in [1.807, 2.05) is 0 Å². The number of ketones is 1. The summed E-state index contributed by atoms with van der Waals surface area (Å²) in [7, 11) is 0. The van der Waals surface area contributed by atoms with Crippen molar-refractivity contribution < 1.29 is 22.4 Å². The van der Waals surface area contributed by atoms with Crippen LogP contribution in [0.15, 0.2) is 23.3 Å². The highest BCUT2D eigenvalue weighted by molar-refractivity contribution is 6.06. The van der Waals surface area contributed by atoms with Gasteiger partial charge in [-0.2, -0.15) is 8.78 Å². The van der Waals surface area contributed by atoms with Gasteiger partial charge in [-0.05, 0) is 6.42 Å². The molecule has 0 atom stereocenters. The van der Waals surface area contributed by atoms with Gasteiger partial charge in [0.1, 0.15) is 11.7 Å². The highest BCUT2D eigenvalue weighted by Gasteiger charge is 2.37. The Balaban J connectivity index is 3.12. The molecule has 0 saturated carbocycles. The lowest BCUT2D eigenvalue weighted by Crippen LogP contribution is -2.17. The third-order valence-electron chi connectivity index (χ3n) is 2.01. The fourth-order valence-corrected chi connectivity index (χ4v) is 1.27. The highest BCUT2D eigenvalue weighted by Crippen LogP contribution is 2.38. The monoisotopic (exact) mass is 208 g/mol. The van der Waals surface area contributed by atoms with E-state index in [2.05, 4.69) is 0 Å². The molecule has 1 nitrogen and oxygen atoms in total. The molecular formula is C9H8F4O. The molecule has 0 fully saturated rings. The lowest BCUT2D eigenvalue weighted by atomic mass is 9.94. The molecule has 0 amide bonds. The Labute approximate surface area is 78.1 Å². The van der Waals surface area contributed by atoms with Gasteiger partial charge in [-0.25, -0.2) is 8.78 Å². The average molecular weight is 208 g/mol. The van der Waals surface area contributed by atoms with Gasteiger partial charge in [-0.15, -0.1) is 0 Å². The summed E-state index contributed by atoms with van der Waals surface area (Å²) >= 11 is 0. The molecule has 0 aromatic rings. The quantitative estimate of drug-likeness (QED) is 0.636. The van der Waals surface area contributed by atoms with Crippen LogP contribution in [0.25, 0.3) is 0 Å². The Morgan fingerprint density at radius 3 is 1.86 bits per heavy atom. The third kappa shape index (κ3) is 1.58. The largest absolute Gasteiger partial charge is 0.283 e. The molecular weight excluding hydrogens is 200 g/mol. The number of Topliss-reactive ketones (excluding diaryl/α,β-unsaturated/α-hetero) is 1. The molecule has 0 radical (unpaired) electrons. The van der Waals surface area contributed by atoms with Crippen molar-refractivity contribution in [1.82, 2.24) is 0 Å². The van der Waals surface area contributed by atoms with Crippen LogP contribution in [-0.4, -0.2) is 5.78 Å². The predicted octanol–water partition coefficient (Wildman–Crippen LogP) is 3.29. The number of allylic oxidation sites excluding steroid dienone is 4. The van der Waals surface area contributed by atoms with Gasteiger partial charge in [0.05, 0.1) is 5.92 Å². The molecule has 1 aliphatic carbocycles. The van der Waals surface area contributed by atoms with E-state index in [-0.39, 0.29) is 6.42 Å². The molecule has 5 heteroatoms. The second-order valence-electron chi connectivity index (χ2n) is 2.99. The first kappa shape index (κ1) is 10.9. The standard InChI is InChI=1S/C9H8F4O/c1-2-3-4-5(10)7(12)9(14)8(13)6(4)11/h4H,2-3H2,1H3. The minimum Gasteiger partial charge on any atom is -0.283 e. The van der Waals surface area contributed by atoms with Crippen LogP contribution in [0.4, 0.5) is 17.6 Å². The van der Waals surface area contributed by atoms with Crippen molar-refractivity contribution in [2.75, 3.05) is 0 Å². The fraction of sp³-hybridized carbons (Fsp3) is 0.444. The average Bonchev–Trinajstić information content (AvgIpc) is 2.19. The van der Waals surface area contributed by atoms with Gasteiger partial charge in [0.15, 0.2) is 0 Å². The number of hydrogen-bond acceptors (Lipinski definition) is 1. The minimum absolute atomic E-state index is 0.0637. The van der Waals surface area contributed by atoms with Crippen LogP contribution in [0.2, 0.25) is 0 Å². The highest BCUT2D eigenvalue weighted by atomic mass is 19.2. The molecule has 0 spiro atoms. The van der Waals surface area contributed by atoms with Crippen molar-refractivity contribution in [3.05, 3.63) is 23.3 Å². The third-order valence-corrected chi connectivity index (χ3v) is 2.01. The van der Waals surface area contributed by atoms with Crippen LogP contribution in [0, 0.1) is 5.92 Å². The van der Waals surface area contributed by atoms with Crippen molar-refractivity contribution in [2.24, 2.45) is 5.92 Å². The molecule has 14 heavy (non-hydrogen) atoms. The Hall–Kier alpha value is -1.13. The molecule has 1 aliphatic rings. The van der Waals surface area contributed by atoms with E-state index in [9.17, 15) is 22.4 Å². The fourth-order valence-electron chi connectivity index (χ4n) is 1.27. The second kappa shape index (κ2) is 3.94. The summed E-state index contributed by atoms with van der Waals surface area (Å²) in [5.74, 6) is -10.1. The van der Waals surface area contributed by atoms with Crippen LogP contribution >= 0.6 is 0 Å². The first-order valence-electron chi connectivity index (χ1n) is 4.15. The molecule has 0 aliphatic heterocycles. The zero-order chi connectivity index (χ0) is 10.9. The molecule has 0 bridgehead atoms. The van der Waals surface area contributed by atoms with E-state index in [1.165, 1.54) is 0 Å². The van der Waals surface area contributed by atoms with Crippen molar-refractivity contribution in [3.63, 3.8) is 0 Å². The van der Waals surface area contributed by atoms with Gasteiger partial charge in [0.25, 0.3) is 5.78 Å². The smallest absolute Gasteiger partial charge is 0.255 e. The summed E-state index contributed by atoms with van der Waals surface area (Å²) in [4.78, 5) is 10.5. The van der Waals surface area contributed by atoms with Gasteiger partial charge in [0, 0.05) is 0 Å². The van der Waals surface area contributed by atoms with E-state index >= 15 is 0 Å². The number of halogens is 4. The topological polar surface area (TPSA) is 17.1 Å². The number of carbonyl (C=O) groups excluding carboxylic acids is 1. The number of rotatable bonds is 2. The molecule has 0 unspecified atom stereocenters. The predicted molar refractivity (Wildman–Crippen MR) is 41.9 cm³/mol. The van der Waals surface area contributed by atoms with Crippen molar-refractivity contribution in [2.45, 2.75) is 19.8 Å². The zero-order valence-corrected chi connectivity index (χ0v) is 7.41. The van der Waals surface area contributed by atoms with Crippen LogP contribution < -0.4 is 0 Å². The zero-order valence-electron chi connectivity index (χ0n) is 7.41. The molecule has 0 saturated heterocycles. The SMILES string of the molecule is CCCC1C(F)=C(F)C(=O)C(F)=C1F. The summed E-state index contributed by atoms with van der Waals surface area (Å²) < 4.78 is 51.3. The second-order valence-corrected chi connectivity index (χ2v) is 2.99. The van der Waals surface area contributed by atoms with E-state index in [1.54, 1.807) is 6.92 Å². The van der Waals surface area contributed by atoms with Crippen LogP contribution in [-0.2, 0) is 4.79 Å². The maximum absolute atomic E-state index is 12.9. The lowest BCUT2D eigenvalue weighted by molar-refractivity contribution is -0.115. The first-order valence-corrected chi connectivity index (χ1v) is 4.15.